The van der Waals surface area contributed by atoms with E-state index in [9.17, 15) is 19.3 Å². The van der Waals surface area contributed by atoms with E-state index in [1.807, 2.05) is 0 Å². The van der Waals surface area contributed by atoms with Crippen molar-refractivity contribution in [1.82, 2.24) is 15.2 Å². The molecule has 1 amide bonds. The summed E-state index contributed by atoms with van der Waals surface area (Å²) < 4.78 is 13.8. The number of hydrogen-bond acceptors (Lipinski definition) is 6. The lowest BCUT2D eigenvalue weighted by Crippen LogP contribution is -2.22. The Morgan fingerprint density at radius 2 is 2.11 bits per heavy atom. The van der Waals surface area contributed by atoms with Crippen molar-refractivity contribution in [1.29, 1.82) is 0 Å². The predicted molar refractivity (Wildman–Crippen MR) is 104 cm³/mol. The fourth-order valence-corrected chi connectivity index (χ4v) is 3.18. The monoisotopic (exact) mass is 421 g/mol. The fourth-order valence-electron chi connectivity index (χ4n) is 2.24. The topological polar surface area (TPSA) is 114 Å². The summed E-state index contributed by atoms with van der Waals surface area (Å²) in [5.41, 5.74) is 0.357. The van der Waals surface area contributed by atoms with Gasteiger partial charge in [0.15, 0.2) is 5.82 Å². The molecule has 3 aromatic rings. The Labute approximate surface area is 167 Å². The average molecular weight is 422 g/mol. The van der Waals surface area contributed by atoms with Crippen LogP contribution in [0.2, 0.25) is 5.02 Å². The molecule has 2 aromatic carbocycles. The number of carbonyl (C=O) groups excluding carboxylic acids is 1. The maximum Gasteiger partial charge on any atom is 0.271 e. The Bertz CT molecular complexity index is 1050. The molecule has 1 unspecified atom stereocenters. The van der Waals surface area contributed by atoms with Crippen LogP contribution in [0.4, 0.5) is 15.8 Å². The number of nitro groups is 1. The predicted octanol–water partition coefficient (Wildman–Crippen LogP) is 4.29. The Morgan fingerprint density at radius 3 is 2.79 bits per heavy atom. The van der Waals surface area contributed by atoms with Gasteiger partial charge in [-0.3, -0.25) is 20.0 Å². The van der Waals surface area contributed by atoms with E-state index in [4.69, 9.17) is 11.6 Å². The third-order valence-electron chi connectivity index (χ3n) is 3.67. The van der Waals surface area contributed by atoms with Gasteiger partial charge in [0, 0.05) is 12.1 Å². The molecule has 0 aliphatic carbocycles. The highest BCUT2D eigenvalue weighted by molar-refractivity contribution is 8.00. The minimum absolute atomic E-state index is 0.0551. The molecule has 1 atom stereocenters. The quantitative estimate of drug-likeness (QED) is 0.348. The molecule has 1 aromatic heterocycles. The summed E-state index contributed by atoms with van der Waals surface area (Å²) in [4.78, 5) is 26.7. The zero-order valence-electron chi connectivity index (χ0n) is 14.3. The SMILES string of the molecule is CC(Sc1n[nH]c(-c2ccccc2F)n1)C(=O)Nc1ccc([N+](=O)[O-])cc1Cl. The number of rotatable bonds is 6. The summed E-state index contributed by atoms with van der Waals surface area (Å²) in [6.07, 6.45) is 0. The van der Waals surface area contributed by atoms with E-state index >= 15 is 0 Å². The van der Waals surface area contributed by atoms with E-state index in [1.54, 1.807) is 25.1 Å². The van der Waals surface area contributed by atoms with Gasteiger partial charge in [0.2, 0.25) is 11.1 Å². The van der Waals surface area contributed by atoms with Crippen LogP contribution in [0.15, 0.2) is 47.6 Å². The van der Waals surface area contributed by atoms with Crippen LogP contribution in [0.5, 0.6) is 0 Å². The lowest BCUT2D eigenvalue weighted by atomic mass is 10.2. The number of aromatic nitrogens is 3. The van der Waals surface area contributed by atoms with Gasteiger partial charge in [-0.25, -0.2) is 9.37 Å². The summed E-state index contributed by atoms with van der Waals surface area (Å²) in [5.74, 6) is -0.571. The highest BCUT2D eigenvalue weighted by atomic mass is 35.5. The molecule has 3 rings (SSSR count). The van der Waals surface area contributed by atoms with Crippen molar-refractivity contribution in [2.24, 2.45) is 0 Å². The van der Waals surface area contributed by atoms with Crippen molar-refractivity contribution in [3.8, 4) is 11.4 Å². The molecule has 28 heavy (non-hydrogen) atoms. The van der Waals surface area contributed by atoms with E-state index in [0.29, 0.717) is 0 Å². The first-order valence-electron chi connectivity index (χ1n) is 7.94. The van der Waals surface area contributed by atoms with Crippen LogP contribution in [0.25, 0.3) is 11.4 Å². The Hall–Kier alpha value is -2.98. The molecule has 0 fully saturated rings. The van der Waals surface area contributed by atoms with Gasteiger partial charge in [-0.2, -0.15) is 0 Å². The van der Waals surface area contributed by atoms with Crippen molar-refractivity contribution < 1.29 is 14.1 Å². The molecule has 0 aliphatic rings. The number of nitro benzene ring substituents is 1. The number of hydrogen-bond donors (Lipinski definition) is 2. The number of H-pyrrole nitrogens is 1. The smallest absolute Gasteiger partial charge is 0.271 e. The molecule has 0 radical (unpaired) electrons. The van der Waals surface area contributed by atoms with Gasteiger partial charge in [0.25, 0.3) is 5.69 Å². The molecule has 1 heterocycles. The number of nitrogens with one attached hydrogen (secondary N) is 2. The summed E-state index contributed by atoms with van der Waals surface area (Å²) in [6, 6.07) is 9.89. The number of nitrogens with zero attached hydrogens (tertiary/aromatic N) is 3. The standard InChI is InChI=1S/C17H13ClFN5O3S/c1-9(16(25)20-14-7-6-10(24(26)27)8-12(14)18)28-17-21-15(22-23-17)11-4-2-3-5-13(11)19/h2-9H,1H3,(H,20,25)(H,21,22,23). The number of carbonyl (C=O) groups is 1. The van der Waals surface area contributed by atoms with Crippen LogP contribution < -0.4 is 5.32 Å². The lowest BCUT2D eigenvalue weighted by molar-refractivity contribution is -0.384. The van der Waals surface area contributed by atoms with Crippen molar-refractivity contribution >= 4 is 40.6 Å². The Kier molecular flexibility index (Phi) is 5.90. The normalized spacial score (nSPS) is 11.8. The number of thioether (sulfide) groups is 1. The van der Waals surface area contributed by atoms with E-state index in [1.165, 1.54) is 18.2 Å². The maximum atomic E-state index is 13.8. The number of aromatic amines is 1. The molecule has 2 N–H and O–H groups in total. The first kappa shape index (κ1) is 19.8. The van der Waals surface area contributed by atoms with Crippen LogP contribution in [-0.2, 0) is 4.79 Å². The van der Waals surface area contributed by atoms with E-state index in [2.05, 4.69) is 20.5 Å². The van der Waals surface area contributed by atoms with Crippen LogP contribution >= 0.6 is 23.4 Å². The number of benzene rings is 2. The van der Waals surface area contributed by atoms with Crippen molar-refractivity contribution in [2.75, 3.05) is 5.32 Å². The number of anilines is 1. The molecule has 0 saturated heterocycles. The summed E-state index contributed by atoms with van der Waals surface area (Å²) in [5, 5.41) is 19.7. The number of non-ortho nitro benzene ring substituents is 1. The third kappa shape index (κ3) is 4.46. The van der Waals surface area contributed by atoms with E-state index in [0.717, 1.165) is 17.8 Å². The molecular weight excluding hydrogens is 409 g/mol. The molecule has 0 saturated carbocycles. The van der Waals surface area contributed by atoms with Gasteiger partial charge >= 0.3 is 0 Å². The lowest BCUT2D eigenvalue weighted by Gasteiger charge is -2.11. The molecular formula is C17H13ClFN5O3S. The fraction of sp³-hybridized carbons (Fsp3) is 0.118. The minimum Gasteiger partial charge on any atom is -0.324 e. The Balaban J connectivity index is 1.67. The first-order chi connectivity index (χ1) is 13.3. The minimum atomic E-state index is -0.601. The zero-order chi connectivity index (χ0) is 20.3. The molecule has 0 spiro atoms. The average Bonchev–Trinajstić information content (AvgIpc) is 3.11. The molecule has 0 aliphatic heterocycles. The van der Waals surface area contributed by atoms with Crippen LogP contribution in [-0.4, -0.2) is 31.3 Å². The molecule has 0 bridgehead atoms. The second-order valence-corrected chi connectivity index (χ2v) is 7.33. The largest absolute Gasteiger partial charge is 0.324 e. The third-order valence-corrected chi connectivity index (χ3v) is 4.94. The van der Waals surface area contributed by atoms with E-state index in [-0.39, 0.29) is 32.9 Å². The molecule has 144 valence electrons. The van der Waals surface area contributed by atoms with Crippen LogP contribution in [0.3, 0.4) is 0 Å². The number of halogens is 2. The van der Waals surface area contributed by atoms with Gasteiger partial charge in [0.05, 0.1) is 26.4 Å². The zero-order valence-corrected chi connectivity index (χ0v) is 15.9. The summed E-state index contributed by atoms with van der Waals surface area (Å²) in [6.45, 7) is 1.64. The van der Waals surface area contributed by atoms with Crippen LogP contribution in [0, 0.1) is 15.9 Å². The summed E-state index contributed by atoms with van der Waals surface area (Å²) >= 11 is 7.04. The highest BCUT2D eigenvalue weighted by Crippen LogP contribution is 2.29. The Morgan fingerprint density at radius 1 is 1.36 bits per heavy atom. The van der Waals surface area contributed by atoms with Crippen molar-refractivity contribution in [3.63, 3.8) is 0 Å². The van der Waals surface area contributed by atoms with Gasteiger partial charge in [-0.05, 0) is 25.1 Å². The van der Waals surface area contributed by atoms with Crippen LogP contribution in [0.1, 0.15) is 6.92 Å². The number of amides is 1. The second-order valence-electron chi connectivity index (χ2n) is 5.62. The maximum absolute atomic E-state index is 13.8. The van der Waals surface area contributed by atoms with Gasteiger partial charge in [-0.15, -0.1) is 5.10 Å². The molecule has 8 nitrogen and oxygen atoms in total. The van der Waals surface area contributed by atoms with E-state index < -0.39 is 21.9 Å². The van der Waals surface area contributed by atoms with Crippen molar-refractivity contribution in [3.05, 3.63) is 63.4 Å². The van der Waals surface area contributed by atoms with Gasteiger partial charge < -0.3 is 5.32 Å². The summed E-state index contributed by atoms with van der Waals surface area (Å²) in [7, 11) is 0. The van der Waals surface area contributed by atoms with Crippen molar-refractivity contribution in [2.45, 2.75) is 17.3 Å². The van der Waals surface area contributed by atoms with Gasteiger partial charge in [-0.1, -0.05) is 35.5 Å². The first-order valence-corrected chi connectivity index (χ1v) is 9.19. The molecule has 11 heteroatoms. The highest BCUT2D eigenvalue weighted by Gasteiger charge is 2.20. The second kappa shape index (κ2) is 8.36. The van der Waals surface area contributed by atoms with Gasteiger partial charge in [0.1, 0.15) is 5.82 Å².